The lowest BCUT2D eigenvalue weighted by molar-refractivity contribution is 0.103. The van der Waals surface area contributed by atoms with Crippen molar-refractivity contribution in [2.24, 2.45) is 0 Å². The number of ketones is 1. The van der Waals surface area contributed by atoms with Crippen LogP contribution in [-0.2, 0) is 13.2 Å². The fraction of sp³-hybridized carbons (Fsp3) is 0.150. The number of rotatable bonds is 7. The van der Waals surface area contributed by atoms with Crippen LogP contribution < -0.4 is 4.74 Å². The molecule has 0 aliphatic heterocycles. The Morgan fingerprint density at radius 3 is 2.81 bits per heavy atom. The summed E-state index contributed by atoms with van der Waals surface area (Å²) in [4.78, 5) is 12.4. The van der Waals surface area contributed by atoms with Crippen molar-refractivity contribution in [3.05, 3.63) is 75.9 Å². The van der Waals surface area contributed by atoms with Gasteiger partial charge in [0, 0.05) is 6.54 Å². The van der Waals surface area contributed by atoms with Gasteiger partial charge in [-0.1, -0.05) is 0 Å². The molecule has 136 valence electrons. The molecule has 0 amide bonds. The molecule has 7 heteroatoms. The Morgan fingerprint density at radius 1 is 1.33 bits per heavy atom. The number of aromatic nitrogens is 2. The number of carbonyl (C=O) groups is 1. The number of aryl methyl sites for hydroxylation is 1. The Labute approximate surface area is 164 Å². The predicted molar refractivity (Wildman–Crippen MR) is 103 cm³/mol. The Morgan fingerprint density at radius 2 is 2.11 bits per heavy atom. The van der Waals surface area contributed by atoms with Gasteiger partial charge in [0.25, 0.3) is 0 Å². The minimum absolute atomic E-state index is 0.159. The molecule has 0 atom stereocenters. The van der Waals surface area contributed by atoms with E-state index in [1.807, 2.05) is 6.92 Å². The molecule has 6 nitrogen and oxygen atoms in total. The molecule has 2 aromatic heterocycles. The molecule has 27 heavy (non-hydrogen) atoms. The standard InChI is InChI=1S/C20H16BrN3O3/c1-2-24-20(18(21)12-23-24)19(25)10-9-16-7-8-17(27-16)13-26-15-5-3-14(11-22)4-6-15/h3-10,12H,2,13H2,1H3/b10-9+. The quantitative estimate of drug-likeness (QED) is 0.407. The van der Waals surface area contributed by atoms with E-state index in [2.05, 4.69) is 27.1 Å². The average molecular weight is 426 g/mol. The second kappa shape index (κ2) is 8.52. The van der Waals surface area contributed by atoms with Crippen LogP contribution in [0.25, 0.3) is 6.08 Å². The molecule has 3 aromatic rings. The summed E-state index contributed by atoms with van der Waals surface area (Å²) in [5, 5.41) is 12.9. The van der Waals surface area contributed by atoms with Gasteiger partial charge in [0.15, 0.2) is 0 Å². The van der Waals surface area contributed by atoms with Crippen LogP contribution in [-0.4, -0.2) is 15.6 Å². The van der Waals surface area contributed by atoms with Crippen molar-refractivity contribution in [2.75, 3.05) is 0 Å². The number of furan rings is 1. The molecular formula is C20H16BrN3O3. The molecule has 0 bridgehead atoms. The first-order valence-electron chi connectivity index (χ1n) is 8.26. The van der Waals surface area contributed by atoms with Crippen molar-refractivity contribution >= 4 is 27.8 Å². The molecule has 0 unspecified atom stereocenters. The number of nitrogens with zero attached hydrogens (tertiary/aromatic N) is 3. The van der Waals surface area contributed by atoms with Crippen LogP contribution in [0, 0.1) is 11.3 Å². The molecule has 0 aliphatic carbocycles. The highest BCUT2D eigenvalue weighted by Gasteiger charge is 2.14. The highest BCUT2D eigenvalue weighted by Crippen LogP contribution is 2.19. The SMILES string of the molecule is CCn1ncc(Br)c1C(=O)/C=C/c1ccc(COc2ccc(C#N)cc2)o1. The van der Waals surface area contributed by atoms with Gasteiger partial charge in [-0.3, -0.25) is 9.48 Å². The van der Waals surface area contributed by atoms with Gasteiger partial charge in [0.05, 0.1) is 22.3 Å². The smallest absolute Gasteiger partial charge is 0.205 e. The Bertz CT molecular complexity index is 1010. The summed E-state index contributed by atoms with van der Waals surface area (Å²) in [7, 11) is 0. The number of ether oxygens (including phenoxy) is 1. The van der Waals surface area contributed by atoms with Crippen LogP contribution in [0.5, 0.6) is 5.75 Å². The summed E-state index contributed by atoms with van der Waals surface area (Å²) in [6, 6.07) is 12.5. The van der Waals surface area contributed by atoms with E-state index in [4.69, 9.17) is 14.4 Å². The van der Waals surface area contributed by atoms with E-state index >= 15 is 0 Å². The summed E-state index contributed by atoms with van der Waals surface area (Å²) in [6.07, 6.45) is 4.68. The molecular weight excluding hydrogens is 410 g/mol. The fourth-order valence-electron chi connectivity index (χ4n) is 2.43. The molecule has 3 rings (SSSR count). The summed E-state index contributed by atoms with van der Waals surface area (Å²) >= 11 is 3.34. The number of halogens is 1. The van der Waals surface area contributed by atoms with Crippen LogP contribution in [0.2, 0.25) is 0 Å². The van der Waals surface area contributed by atoms with Crippen LogP contribution in [0.4, 0.5) is 0 Å². The van der Waals surface area contributed by atoms with E-state index in [0.29, 0.717) is 39.5 Å². The van der Waals surface area contributed by atoms with Gasteiger partial charge >= 0.3 is 0 Å². The molecule has 0 fully saturated rings. The number of hydrogen-bond donors (Lipinski definition) is 0. The zero-order chi connectivity index (χ0) is 19.2. The molecule has 0 saturated carbocycles. The topological polar surface area (TPSA) is 81.0 Å². The third-order valence-electron chi connectivity index (χ3n) is 3.77. The van der Waals surface area contributed by atoms with Gasteiger partial charge < -0.3 is 9.15 Å². The molecule has 0 aliphatic rings. The van der Waals surface area contributed by atoms with Crippen LogP contribution >= 0.6 is 15.9 Å². The largest absolute Gasteiger partial charge is 0.486 e. The monoisotopic (exact) mass is 425 g/mol. The lowest BCUT2D eigenvalue weighted by atomic mass is 10.2. The molecule has 0 N–H and O–H groups in total. The average Bonchev–Trinajstić information content (AvgIpc) is 3.31. The Balaban J connectivity index is 1.61. The first-order chi connectivity index (χ1) is 13.1. The minimum Gasteiger partial charge on any atom is -0.486 e. The van der Waals surface area contributed by atoms with E-state index in [-0.39, 0.29) is 12.4 Å². The maximum Gasteiger partial charge on any atom is 0.205 e. The fourth-order valence-corrected chi connectivity index (χ4v) is 2.92. The van der Waals surface area contributed by atoms with Crippen molar-refractivity contribution in [3.63, 3.8) is 0 Å². The molecule has 0 radical (unpaired) electrons. The van der Waals surface area contributed by atoms with Gasteiger partial charge in [0.2, 0.25) is 5.78 Å². The number of carbonyl (C=O) groups excluding carboxylic acids is 1. The Hall–Kier alpha value is -3.11. The minimum atomic E-state index is -0.159. The number of benzene rings is 1. The maximum atomic E-state index is 12.4. The third-order valence-corrected chi connectivity index (χ3v) is 4.35. The van der Waals surface area contributed by atoms with E-state index in [1.54, 1.807) is 53.4 Å². The molecule has 1 aromatic carbocycles. The van der Waals surface area contributed by atoms with Crippen molar-refractivity contribution in [1.82, 2.24) is 9.78 Å². The summed E-state index contributed by atoms with van der Waals surface area (Å²) in [6.45, 7) is 2.78. The normalized spacial score (nSPS) is 10.9. The molecule has 0 spiro atoms. The second-order valence-corrected chi connectivity index (χ2v) is 6.44. The van der Waals surface area contributed by atoms with Gasteiger partial charge in [0.1, 0.15) is 29.6 Å². The molecule has 2 heterocycles. The van der Waals surface area contributed by atoms with E-state index in [9.17, 15) is 4.79 Å². The number of allylic oxidation sites excluding steroid dienone is 1. The van der Waals surface area contributed by atoms with Crippen molar-refractivity contribution in [3.8, 4) is 11.8 Å². The molecule has 0 saturated heterocycles. The number of nitriles is 1. The Kier molecular flexibility index (Phi) is 5.89. The lowest BCUT2D eigenvalue weighted by Gasteiger charge is -2.03. The van der Waals surface area contributed by atoms with Crippen molar-refractivity contribution in [1.29, 1.82) is 5.26 Å². The van der Waals surface area contributed by atoms with Gasteiger partial charge in [-0.05, 0) is 71.4 Å². The summed E-state index contributed by atoms with van der Waals surface area (Å²) in [5.41, 5.74) is 1.08. The van der Waals surface area contributed by atoms with E-state index < -0.39 is 0 Å². The van der Waals surface area contributed by atoms with Gasteiger partial charge in [-0.2, -0.15) is 10.4 Å². The predicted octanol–water partition coefficient (Wildman–Crippen LogP) is 4.61. The second-order valence-electron chi connectivity index (χ2n) is 5.58. The van der Waals surface area contributed by atoms with E-state index in [1.165, 1.54) is 6.08 Å². The summed E-state index contributed by atoms with van der Waals surface area (Å²) in [5.74, 6) is 1.68. The van der Waals surface area contributed by atoms with Gasteiger partial charge in [-0.15, -0.1) is 0 Å². The van der Waals surface area contributed by atoms with Crippen LogP contribution in [0.3, 0.4) is 0 Å². The van der Waals surface area contributed by atoms with Crippen LogP contribution in [0.1, 0.15) is 34.5 Å². The lowest BCUT2D eigenvalue weighted by Crippen LogP contribution is -2.07. The number of hydrogen-bond acceptors (Lipinski definition) is 5. The maximum absolute atomic E-state index is 12.4. The van der Waals surface area contributed by atoms with E-state index in [0.717, 1.165) is 0 Å². The van der Waals surface area contributed by atoms with Gasteiger partial charge in [-0.25, -0.2) is 0 Å². The summed E-state index contributed by atoms with van der Waals surface area (Å²) < 4.78 is 13.6. The zero-order valence-corrected chi connectivity index (χ0v) is 16.1. The third kappa shape index (κ3) is 4.54. The first-order valence-corrected chi connectivity index (χ1v) is 9.05. The highest BCUT2D eigenvalue weighted by atomic mass is 79.9. The highest BCUT2D eigenvalue weighted by molar-refractivity contribution is 9.10. The zero-order valence-electron chi connectivity index (χ0n) is 14.6. The first kappa shape index (κ1) is 18.7. The van der Waals surface area contributed by atoms with Crippen molar-refractivity contribution in [2.45, 2.75) is 20.1 Å². The van der Waals surface area contributed by atoms with Crippen LogP contribution in [0.15, 0.2) is 57.6 Å². The van der Waals surface area contributed by atoms with Crippen molar-refractivity contribution < 1.29 is 13.9 Å².